The Balaban J connectivity index is 1.98. The molecule has 1 aromatic heterocycles. The largest absolute Gasteiger partial charge is 0.467 e. The minimum absolute atomic E-state index is 0.158. The van der Waals surface area contributed by atoms with E-state index in [1.165, 1.54) is 7.11 Å². The lowest BCUT2D eigenvalue weighted by atomic mass is 10.1. The maximum absolute atomic E-state index is 9.84. The SMILES string of the molecule is COc1nc(N)nc(N2CCN(CC(C)(C)O)CC2)n1. The number of nitrogens with two attached hydrogens (primary N) is 1. The van der Waals surface area contributed by atoms with Crippen LogP contribution in [-0.2, 0) is 0 Å². The normalized spacial score (nSPS) is 17.3. The van der Waals surface area contributed by atoms with Crippen LogP contribution in [0.3, 0.4) is 0 Å². The van der Waals surface area contributed by atoms with Crippen LogP contribution in [0.4, 0.5) is 11.9 Å². The van der Waals surface area contributed by atoms with E-state index in [1.54, 1.807) is 0 Å². The highest BCUT2D eigenvalue weighted by Crippen LogP contribution is 2.16. The molecule has 1 fully saturated rings. The Morgan fingerprint density at radius 1 is 1.20 bits per heavy atom. The Kier molecular flexibility index (Phi) is 4.24. The van der Waals surface area contributed by atoms with Gasteiger partial charge in [0.2, 0.25) is 11.9 Å². The van der Waals surface area contributed by atoms with Crippen molar-refractivity contribution in [3.8, 4) is 6.01 Å². The fourth-order valence-corrected chi connectivity index (χ4v) is 2.25. The van der Waals surface area contributed by atoms with Crippen LogP contribution in [0.25, 0.3) is 0 Å². The topological polar surface area (TPSA) is 101 Å². The fraction of sp³-hybridized carbons (Fsp3) is 0.750. The van der Waals surface area contributed by atoms with E-state index in [1.807, 2.05) is 18.7 Å². The highest BCUT2D eigenvalue weighted by atomic mass is 16.5. The standard InChI is InChI=1S/C12H22N6O2/c1-12(2,19)8-17-4-6-18(7-5-17)10-14-9(13)15-11(16-10)20-3/h19H,4-8H2,1-3H3,(H2,13,14,15,16). The lowest BCUT2D eigenvalue weighted by molar-refractivity contribution is 0.0344. The van der Waals surface area contributed by atoms with Gasteiger partial charge in [0.05, 0.1) is 12.7 Å². The number of hydrogen-bond donors (Lipinski definition) is 2. The van der Waals surface area contributed by atoms with Crippen molar-refractivity contribution in [2.75, 3.05) is 50.5 Å². The summed E-state index contributed by atoms with van der Waals surface area (Å²) in [4.78, 5) is 16.5. The molecule has 3 N–H and O–H groups in total. The summed E-state index contributed by atoms with van der Waals surface area (Å²) >= 11 is 0. The van der Waals surface area contributed by atoms with Gasteiger partial charge >= 0.3 is 6.01 Å². The molecular formula is C12H22N6O2. The second-order valence-corrected chi connectivity index (χ2v) is 5.56. The van der Waals surface area contributed by atoms with Crippen molar-refractivity contribution < 1.29 is 9.84 Å². The van der Waals surface area contributed by atoms with Crippen LogP contribution >= 0.6 is 0 Å². The molecule has 0 unspecified atom stereocenters. The molecule has 1 aliphatic heterocycles. The zero-order valence-electron chi connectivity index (χ0n) is 12.2. The molecule has 1 aliphatic rings. The molecular weight excluding hydrogens is 260 g/mol. The number of hydrogen-bond acceptors (Lipinski definition) is 8. The van der Waals surface area contributed by atoms with E-state index in [2.05, 4.69) is 19.9 Å². The van der Waals surface area contributed by atoms with Gasteiger partial charge in [-0.1, -0.05) is 0 Å². The summed E-state index contributed by atoms with van der Waals surface area (Å²) in [6.45, 7) is 7.54. The summed E-state index contributed by atoms with van der Waals surface area (Å²) in [5, 5.41) is 9.84. The van der Waals surface area contributed by atoms with Gasteiger partial charge in [-0.2, -0.15) is 15.0 Å². The summed E-state index contributed by atoms with van der Waals surface area (Å²) in [5.74, 6) is 0.697. The number of nitrogens with zero attached hydrogens (tertiary/aromatic N) is 5. The Morgan fingerprint density at radius 3 is 2.40 bits per heavy atom. The number of rotatable bonds is 4. The molecule has 8 nitrogen and oxygen atoms in total. The van der Waals surface area contributed by atoms with Crippen molar-refractivity contribution in [2.24, 2.45) is 0 Å². The molecule has 0 radical (unpaired) electrons. The second-order valence-electron chi connectivity index (χ2n) is 5.56. The lowest BCUT2D eigenvalue weighted by Crippen LogP contribution is -2.51. The first-order valence-electron chi connectivity index (χ1n) is 6.62. The van der Waals surface area contributed by atoms with Crippen molar-refractivity contribution in [1.82, 2.24) is 19.9 Å². The molecule has 112 valence electrons. The van der Waals surface area contributed by atoms with Gasteiger partial charge in [0.25, 0.3) is 0 Å². The third-order valence-electron chi connectivity index (χ3n) is 3.07. The van der Waals surface area contributed by atoms with Gasteiger partial charge in [0.1, 0.15) is 0 Å². The molecule has 0 bridgehead atoms. The Labute approximate surface area is 118 Å². The molecule has 0 saturated carbocycles. The number of methoxy groups -OCH3 is 1. The first-order valence-corrected chi connectivity index (χ1v) is 6.62. The minimum atomic E-state index is -0.678. The smallest absolute Gasteiger partial charge is 0.322 e. The van der Waals surface area contributed by atoms with Gasteiger partial charge in [-0.15, -0.1) is 0 Å². The van der Waals surface area contributed by atoms with Crippen LogP contribution in [0.1, 0.15) is 13.8 Å². The highest BCUT2D eigenvalue weighted by molar-refractivity contribution is 5.36. The zero-order chi connectivity index (χ0) is 14.8. The van der Waals surface area contributed by atoms with E-state index in [0.717, 1.165) is 26.2 Å². The van der Waals surface area contributed by atoms with E-state index in [-0.39, 0.29) is 12.0 Å². The van der Waals surface area contributed by atoms with E-state index >= 15 is 0 Å². The number of aliphatic hydroxyl groups is 1. The molecule has 0 spiro atoms. The van der Waals surface area contributed by atoms with E-state index in [9.17, 15) is 5.11 Å². The average molecular weight is 282 g/mol. The zero-order valence-corrected chi connectivity index (χ0v) is 12.2. The molecule has 1 saturated heterocycles. The van der Waals surface area contributed by atoms with Gasteiger partial charge in [0, 0.05) is 32.7 Å². The van der Waals surface area contributed by atoms with Crippen molar-refractivity contribution in [3.63, 3.8) is 0 Å². The molecule has 2 rings (SSSR count). The number of nitrogen functional groups attached to an aromatic ring is 1. The molecule has 0 amide bonds. The third kappa shape index (κ3) is 3.91. The maximum Gasteiger partial charge on any atom is 0.322 e. The molecule has 0 atom stereocenters. The van der Waals surface area contributed by atoms with Crippen LogP contribution in [0.15, 0.2) is 0 Å². The summed E-state index contributed by atoms with van der Waals surface area (Å²) in [5.41, 5.74) is 4.96. The van der Waals surface area contributed by atoms with Gasteiger partial charge < -0.3 is 20.5 Å². The Bertz CT molecular complexity index is 454. The van der Waals surface area contributed by atoms with Crippen LogP contribution < -0.4 is 15.4 Å². The Hall–Kier alpha value is -1.67. The number of aromatic nitrogens is 3. The van der Waals surface area contributed by atoms with Crippen LogP contribution in [0.2, 0.25) is 0 Å². The van der Waals surface area contributed by atoms with E-state index < -0.39 is 5.60 Å². The fourth-order valence-electron chi connectivity index (χ4n) is 2.25. The van der Waals surface area contributed by atoms with Crippen molar-refractivity contribution >= 4 is 11.9 Å². The van der Waals surface area contributed by atoms with Crippen molar-refractivity contribution in [1.29, 1.82) is 0 Å². The molecule has 0 aromatic carbocycles. The number of piperazine rings is 1. The summed E-state index contributed by atoms with van der Waals surface area (Å²) in [6, 6.07) is 0.228. The van der Waals surface area contributed by atoms with Gasteiger partial charge in [0.15, 0.2) is 0 Å². The van der Waals surface area contributed by atoms with Gasteiger partial charge in [-0.25, -0.2) is 0 Å². The highest BCUT2D eigenvalue weighted by Gasteiger charge is 2.24. The first kappa shape index (κ1) is 14.7. The molecule has 1 aromatic rings. The third-order valence-corrected chi connectivity index (χ3v) is 3.07. The minimum Gasteiger partial charge on any atom is -0.467 e. The summed E-state index contributed by atoms with van der Waals surface area (Å²) in [6.07, 6.45) is 0. The first-order chi connectivity index (χ1) is 9.37. The predicted molar refractivity (Wildman–Crippen MR) is 75.7 cm³/mol. The Morgan fingerprint density at radius 2 is 1.85 bits per heavy atom. The van der Waals surface area contributed by atoms with Crippen LogP contribution in [0, 0.1) is 0 Å². The van der Waals surface area contributed by atoms with E-state index in [0.29, 0.717) is 12.5 Å². The molecule has 20 heavy (non-hydrogen) atoms. The maximum atomic E-state index is 9.84. The monoisotopic (exact) mass is 282 g/mol. The quantitative estimate of drug-likeness (QED) is 0.752. The molecule has 8 heteroatoms. The van der Waals surface area contributed by atoms with E-state index in [4.69, 9.17) is 10.5 Å². The van der Waals surface area contributed by atoms with Crippen molar-refractivity contribution in [3.05, 3.63) is 0 Å². The number of ether oxygens (including phenoxy) is 1. The van der Waals surface area contributed by atoms with Crippen molar-refractivity contribution in [2.45, 2.75) is 19.4 Å². The molecule has 2 heterocycles. The summed E-state index contributed by atoms with van der Waals surface area (Å²) in [7, 11) is 1.50. The van der Waals surface area contributed by atoms with Crippen LogP contribution in [0.5, 0.6) is 6.01 Å². The van der Waals surface area contributed by atoms with Gasteiger partial charge in [-0.05, 0) is 13.8 Å². The molecule has 0 aliphatic carbocycles. The average Bonchev–Trinajstić information content (AvgIpc) is 2.37. The van der Waals surface area contributed by atoms with Crippen LogP contribution in [-0.4, -0.2) is 70.4 Å². The lowest BCUT2D eigenvalue weighted by Gasteiger charge is -2.37. The summed E-state index contributed by atoms with van der Waals surface area (Å²) < 4.78 is 5.00. The number of β-amino-alcohol motifs (C(OH)–C–C–N with tert-alkyl or cyclic N) is 1. The number of anilines is 2. The second kappa shape index (κ2) is 5.76. The van der Waals surface area contributed by atoms with Gasteiger partial charge in [-0.3, -0.25) is 4.90 Å². The predicted octanol–water partition coefficient (Wildman–Crippen LogP) is -0.645.